The molecule has 7 heteroatoms. The molecule has 2 aromatic rings. The Morgan fingerprint density at radius 3 is 2.43 bits per heavy atom. The number of carbonyl (C=O) groups is 2. The van der Waals surface area contributed by atoms with E-state index in [4.69, 9.17) is 9.15 Å². The minimum atomic E-state index is -1.38. The third-order valence-electron chi connectivity index (χ3n) is 3.61. The number of ether oxygens (including phenoxy) is 1. The topological polar surface area (TPSA) is 120 Å². The standard InChI is InChI=1S/C16H16O7/c1-7-10-4-5-12(22-9(3)15(19)20)8(2)14(10)23-16(21)11(7)6-13(17)18/h4-5,9H,6H2,1-3H3,(H,17,18)(H,19,20)/p-2/t9-/m0/s1. The van der Waals surface area contributed by atoms with Crippen molar-refractivity contribution in [3.63, 3.8) is 0 Å². The molecule has 0 bridgehead atoms. The Kier molecular flexibility index (Phi) is 4.40. The molecule has 0 amide bonds. The summed E-state index contributed by atoms with van der Waals surface area (Å²) in [5.74, 6) is -2.50. The van der Waals surface area contributed by atoms with Gasteiger partial charge in [-0.05, 0) is 38.5 Å². The molecular weight excluding hydrogens is 304 g/mol. The summed E-state index contributed by atoms with van der Waals surface area (Å²) < 4.78 is 10.5. The molecule has 0 radical (unpaired) electrons. The van der Waals surface area contributed by atoms with Crippen LogP contribution in [0, 0.1) is 13.8 Å². The maximum Gasteiger partial charge on any atom is 0.340 e. The average Bonchev–Trinajstić information content (AvgIpc) is 2.46. The zero-order valence-corrected chi connectivity index (χ0v) is 12.8. The van der Waals surface area contributed by atoms with E-state index in [0.29, 0.717) is 16.5 Å². The molecule has 0 saturated carbocycles. The Morgan fingerprint density at radius 1 is 1.22 bits per heavy atom. The minimum Gasteiger partial charge on any atom is -0.550 e. The smallest absolute Gasteiger partial charge is 0.340 e. The normalized spacial score (nSPS) is 12.1. The molecule has 0 spiro atoms. The molecule has 0 unspecified atom stereocenters. The third kappa shape index (κ3) is 3.18. The van der Waals surface area contributed by atoms with E-state index in [1.165, 1.54) is 13.0 Å². The van der Waals surface area contributed by atoms with Crippen LogP contribution in [0.3, 0.4) is 0 Å². The summed E-state index contributed by atoms with van der Waals surface area (Å²) in [5, 5.41) is 22.1. The van der Waals surface area contributed by atoms with Gasteiger partial charge in [0.25, 0.3) is 0 Å². The number of aryl methyl sites for hydroxylation is 2. The first-order chi connectivity index (χ1) is 10.7. The Balaban J connectivity index is 2.61. The summed E-state index contributed by atoms with van der Waals surface area (Å²) in [6.07, 6.45) is -1.71. The van der Waals surface area contributed by atoms with Crippen LogP contribution in [0.2, 0.25) is 0 Å². The molecule has 2 rings (SSSR count). The van der Waals surface area contributed by atoms with Gasteiger partial charge < -0.3 is 29.0 Å². The van der Waals surface area contributed by atoms with Crippen molar-refractivity contribution >= 4 is 22.9 Å². The maximum absolute atomic E-state index is 12.0. The van der Waals surface area contributed by atoms with Gasteiger partial charge in [0.2, 0.25) is 0 Å². The van der Waals surface area contributed by atoms with E-state index in [1.54, 1.807) is 19.9 Å². The monoisotopic (exact) mass is 318 g/mol. The Labute approximate surface area is 131 Å². The number of rotatable bonds is 5. The molecule has 0 aliphatic rings. The highest BCUT2D eigenvalue weighted by atomic mass is 16.5. The molecule has 0 N–H and O–H groups in total. The molecule has 0 aliphatic carbocycles. The van der Waals surface area contributed by atoms with Crippen molar-refractivity contribution < 1.29 is 29.0 Å². The SMILES string of the molecule is Cc1c(CC(=O)[O-])c(=O)oc2c(C)c(O[C@@H](C)C(=O)[O-])ccc12. The lowest BCUT2D eigenvalue weighted by Gasteiger charge is -2.18. The van der Waals surface area contributed by atoms with Crippen molar-refractivity contribution in [2.45, 2.75) is 33.3 Å². The van der Waals surface area contributed by atoms with Gasteiger partial charge in [0.1, 0.15) is 17.4 Å². The number of carboxylic acids is 2. The number of hydrogen-bond donors (Lipinski definition) is 0. The van der Waals surface area contributed by atoms with Crippen LogP contribution in [0.15, 0.2) is 21.3 Å². The fourth-order valence-electron chi connectivity index (χ4n) is 2.29. The van der Waals surface area contributed by atoms with Crippen molar-refractivity contribution in [1.82, 2.24) is 0 Å². The molecule has 7 nitrogen and oxygen atoms in total. The highest BCUT2D eigenvalue weighted by molar-refractivity contribution is 5.86. The molecule has 1 aromatic heterocycles. The van der Waals surface area contributed by atoms with Crippen LogP contribution in [0.25, 0.3) is 11.0 Å². The Morgan fingerprint density at radius 2 is 1.87 bits per heavy atom. The minimum absolute atomic E-state index is 0.0219. The first-order valence-electron chi connectivity index (χ1n) is 6.85. The molecule has 1 heterocycles. The van der Waals surface area contributed by atoms with Crippen molar-refractivity contribution in [2.75, 3.05) is 0 Å². The summed E-state index contributed by atoms with van der Waals surface area (Å²) in [4.78, 5) is 33.5. The summed E-state index contributed by atoms with van der Waals surface area (Å²) in [7, 11) is 0. The van der Waals surface area contributed by atoms with Gasteiger partial charge in [-0.1, -0.05) is 0 Å². The van der Waals surface area contributed by atoms with Gasteiger partial charge in [-0.15, -0.1) is 0 Å². The van der Waals surface area contributed by atoms with Crippen LogP contribution < -0.4 is 20.6 Å². The molecule has 1 aromatic carbocycles. The molecule has 122 valence electrons. The van der Waals surface area contributed by atoms with Crippen LogP contribution in [0.1, 0.15) is 23.6 Å². The zero-order valence-electron chi connectivity index (χ0n) is 12.8. The van der Waals surface area contributed by atoms with E-state index < -0.39 is 30.1 Å². The predicted octanol–water partition coefficient (Wildman–Crippen LogP) is -0.781. The Bertz CT molecular complexity index is 848. The first kappa shape index (κ1) is 16.5. The van der Waals surface area contributed by atoms with E-state index in [-0.39, 0.29) is 16.9 Å². The molecular formula is C16H14O7-2. The highest BCUT2D eigenvalue weighted by Gasteiger charge is 2.16. The first-order valence-corrected chi connectivity index (χ1v) is 6.85. The van der Waals surface area contributed by atoms with Gasteiger partial charge in [0, 0.05) is 28.9 Å². The number of hydrogen-bond acceptors (Lipinski definition) is 7. The van der Waals surface area contributed by atoms with E-state index in [2.05, 4.69) is 0 Å². The predicted molar refractivity (Wildman–Crippen MR) is 75.8 cm³/mol. The van der Waals surface area contributed by atoms with Gasteiger partial charge in [-0.2, -0.15) is 0 Å². The zero-order chi connectivity index (χ0) is 17.3. The fourth-order valence-corrected chi connectivity index (χ4v) is 2.29. The average molecular weight is 318 g/mol. The molecule has 0 fully saturated rings. The van der Waals surface area contributed by atoms with Crippen molar-refractivity contribution in [2.24, 2.45) is 0 Å². The highest BCUT2D eigenvalue weighted by Crippen LogP contribution is 2.30. The second-order valence-electron chi connectivity index (χ2n) is 5.19. The van der Waals surface area contributed by atoms with Gasteiger partial charge >= 0.3 is 5.63 Å². The van der Waals surface area contributed by atoms with Gasteiger partial charge in [-0.3, -0.25) is 0 Å². The van der Waals surface area contributed by atoms with E-state index >= 15 is 0 Å². The second-order valence-corrected chi connectivity index (χ2v) is 5.19. The van der Waals surface area contributed by atoms with Crippen molar-refractivity contribution in [3.05, 3.63) is 39.2 Å². The number of carboxylic acid groups (broad SMARTS) is 2. The number of fused-ring (bicyclic) bond motifs is 1. The molecule has 0 saturated heterocycles. The van der Waals surface area contributed by atoms with E-state index in [0.717, 1.165) is 0 Å². The lowest BCUT2D eigenvalue weighted by molar-refractivity contribution is -0.313. The summed E-state index contributed by atoms with van der Waals surface area (Å²) in [5.41, 5.74) is 0.387. The van der Waals surface area contributed by atoms with Crippen molar-refractivity contribution in [1.29, 1.82) is 0 Å². The lowest BCUT2D eigenvalue weighted by Crippen LogP contribution is -2.37. The maximum atomic E-state index is 12.0. The molecule has 1 atom stereocenters. The largest absolute Gasteiger partial charge is 0.550 e. The van der Waals surface area contributed by atoms with Crippen LogP contribution >= 0.6 is 0 Å². The van der Waals surface area contributed by atoms with Crippen LogP contribution in [-0.4, -0.2) is 18.0 Å². The molecule has 0 aliphatic heterocycles. The van der Waals surface area contributed by atoms with Crippen LogP contribution in [0.4, 0.5) is 0 Å². The lowest BCUT2D eigenvalue weighted by atomic mass is 10.0. The van der Waals surface area contributed by atoms with Crippen LogP contribution in [0.5, 0.6) is 5.75 Å². The van der Waals surface area contributed by atoms with Gasteiger partial charge in [0.05, 0.1) is 5.97 Å². The fraction of sp³-hybridized carbons (Fsp3) is 0.312. The summed E-state index contributed by atoms with van der Waals surface area (Å²) in [6, 6.07) is 3.11. The number of aliphatic carboxylic acids is 2. The quantitative estimate of drug-likeness (QED) is 0.663. The third-order valence-corrected chi connectivity index (χ3v) is 3.61. The Hall–Kier alpha value is -2.83. The second kappa shape index (κ2) is 6.12. The number of carbonyl (C=O) groups excluding carboxylic acids is 2. The van der Waals surface area contributed by atoms with Crippen LogP contribution in [-0.2, 0) is 16.0 Å². The summed E-state index contributed by atoms with van der Waals surface area (Å²) in [6.45, 7) is 4.55. The molecule has 23 heavy (non-hydrogen) atoms. The van der Waals surface area contributed by atoms with Gasteiger partial charge in [0.15, 0.2) is 0 Å². The number of benzene rings is 1. The van der Waals surface area contributed by atoms with E-state index in [9.17, 15) is 24.6 Å². The van der Waals surface area contributed by atoms with Crippen molar-refractivity contribution in [3.8, 4) is 5.75 Å². The van der Waals surface area contributed by atoms with Gasteiger partial charge in [-0.25, -0.2) is 4.79 Å². The van der Waals surface area contributed by atoms with E-state index in [1.807, 2.05) is 0 Å². The summed E-state index contributed by atoms with van der Waals surface area (Å²) >= 11 is 0.